The van der Waals surface area contributed by atoms with Crippen LogP contribution < -0.4 is 5.32 Å². The third kappa shape index (κ3) is 8.22. The molecule has 0 heterocycles. The molecule has 0 saturated carbocycles. The van der Waals surface area contributed by atoms with Crippen molar-refractivity contribution >= 4 is 23.4 Å². The van der Waals surface area contributed by atoms with E-state index in [1.807, 2.05) is 48.5 Å². The fraction of sp³-hybridized carbons (Fsp3) is 0.310. The molecule has 4 nitrogen and oxygen atoms in total. The zero-order valence-electron chi connectivity index (χ0n) is 20.1. The number of unbranched alkanes of at least 4 members (excludes halogenated alkanes) is 1. The molecule has 35 heavy (non-hydrogen) atoms. The number of aryl methyl sites for hydroxylation is 1. The molecule has 0 spiro atoms. The van der Waals surface area contributed by atoms with Crippen LogP contribution in [-0.4, -0.2) is 29.3 Å². The minimum atomic E-state index is -0.696. The summed E-state index contributed by atoms with van der Waals surface area (Å²) in [7, 11) is 0. The lowest BCUT2D eigenvalue weighted by molar-refractivity contribution is -0.141. The van der Waals surface area contributed by atoms with Gasteiger partial charge in [0.25, 0.3) is 0 Å². The maximum Gasteiger partial charge on any atom is 0.243 e. The van der Waals surface area contributed by atoms with Crippen molar-refractivity contribution in [3.63, 3.8) is 0 Å². The highest BCUT2D eigenvalue weighted by Crippen LogP contribution is 2.20. The Morgan fingerprint density at radius 3 is 2.31 bits per heavy atom. The molecule has 0 radical (unpaired) electrons. The fourth-order valence-electron chi connectivity index (χ4n) is 3.93. The fourth-order valence-corrected chi connectivity index (χ4v) is 4.16. The number of nitrogens with one attached hydrogen (secondary N) is 1. The van der Waals surface area contributed by atoms with Crippen molar-refractivity contribution in [2.24, 2.45) is 0 Å². The number of halogens is 2. The van der Waals surface area contributed by atoms with E-state index in [4.69, 9.17) is 11.6 Å². The van der Waals surface area contributed by atoms with E-state index < -0.39 is 6.04 Å². The summed E-state index contributed by atoms with van der Waals surface area (Å²) in [5.41, 5.74) is 2.61. The third-order valence-corrected chi connectivity index (χ3v) is 6.30. The maximum atomic E-state index is 13.6. The van der Waals surface area contributed by atoms with Gasteiger partial charge in [-0.25, -0.2) is 4.39 Å². The normalized spacial score (nSPS) is 11.6. The van der Waals surface area contributed by atoms with Gasteiger partial charge in [0.15, 0.2) is 0 Å². The molecular formula is C29H32ClFN2O2. The Balaban J connectivity index is 1.88. The molecular weight excluding hydrogens is 463 g/mol. The summed E-state index contributed by atoms with van der Waals surface area (Å²) in [5, 5.41) is 3.62. The van der Waals surface area contributed by atoms with E-state index in [9.17, 15) is 14.0 Å². The molecule has 0 saturated heterocycles. The maximum absolute atomic E-state index is 13.6. The summed E-state index contributed by atoms with van der Waals surface area (Å²) in [6, 6.07) is 22.5. The molecule has 6 heteroatoms. The standard InChI is InChI=1S/C29H32ClFN2O2/c1-2-3-19-32-29(35)27(20-22-9-5-4-6-10-22)33(21-23-13-16-25(31)17-14-23)28(34)18-15-24-11-7-8-12-26(24)30/h4-14,16-17,27H,2-3,15,18-21H2,1H3,(H,32,35). The van der Waals surface area contributed by atoms with E-state index in [1.54, 1.807) is 23.1 Å². The van der Waals surface area contributed by atoms with Gasteiger partial charge in [0, 0.05) is 31.0 Å². The molecule has 0 aliphatic carbocycles. The quantitative estimate of drug-likeness (QED) is 0.315. The minimum Gasteiger partial charge on any atom is -0.354 e. The molecule has 3 rings (SSSR count). The molecule has 0 bridgehead atoms. The molecule has 3 aromatic carbocycles. The number of carbonyl (C=O) groups is 2. The smallest absolute Gasteiger partial charge is 0.243 e. The molecule has 0 aliphatic heterocycles. The lowest BCUT2D eigenvalue weighted by Gasteiger charge is -2.31. The second-order valence-corrected chi connectivity index (χ2v) is 9.00. The lowest BCUT2D eigenvalue weighted by Crippen LogP contribution is -2.50. The number of rotatable bonds is 12. The Morgan fingerprint density at radius 2 is 1.63 bits per heavy atom. The molecule has 0 fully saturated rings. The number of hydrogen-bond donors (Lipinski definition) is 1. The van der Waals surface area contributed by atoms with Crippen LogP contribution in [0.15, 0.2) is 78.9 Å². The first-order valence-electron chi connectivity index (χ1n) is 12.1. The van der Waals surface area contributed by atoms with Crippen LogP contribution >= 0.6 is 11.6 Å². The Hall–Kier alpha value is -3.18. The second kappa shape index (κ2) is 13.6. The summed E-state index contributed by atoms with van der Waals surface area (Å²) >= 11 is 6.30. The largest absolute Gasteiger partial charge is 0.354 e. The van der Waals surface area contributed by atoms with Crippen molar-refractivity contribution in [1.82, 2.24) is 10.2 Å². The van der Waals surface area contributed by atoms with Gasteiger partial charge in [0.2, 0.25) is 11.8 Å². The highest BCUT2D eigenvalue weighted by atomic mass is 35.5. The summed E-state index contributed by atoms with van der Waals surface area (Å²) in [6.45, 7) is 2.83. The number of benzene rings is 3. The van der Waals surface area contributed by atoms with Crippen LogP contribution in [0, 0.1) is 5.82 Å². The van der Waals surface area contributed by atoms with Crippen LogP contribution in [0.2, 0.25) is 5.02 Å². The average Bonchev–Trinajstić information content (AvgIpc) is 2.87. The van der Waals surface area contributed by atoms with E-state index in [0.29, 0.717) is 24.4 Å². The Kier molecular flexibility index (Phi) is 10.3. The van der Waals surface area contributed by atoms with Crippen LogP contribution in [0.1, 0.15) is 42.9 Å². The van der Waals surface area contributed by atoms with E-state index in [1.165, 1.54) is 12.1 Å². The summed E-state index contributed by atoms with van der Waals surface area (Å²) < 4.78 is 13.5. The lowest BCUT2D eigenvalue weighted by atomic mass is 10.0. The van der Waals surface area contributed by atoms with Crippen LogP contribution in [0.4, 0.5) is 4.39 Å². The first-order chi connectivity index (χ1) is 17.0. The molecule has 184 valence electrons. The summed E-state index contributed by atoms with van der Waals surface area (Å²) in [4.78, 5) is 28.6. The van der Waals surface area contributed by atoms with Gasteiger partial charge in [-0.2, -0.15) is 0 Å². The van der Waals surface area contributed by atoms with Crippen LogP contribution in [0.25, 0.3) is 0 Å². The monoisotopic (exact) mass is 494 g/mol. The van der Waals surface area contributed by atoms with Gasteiger partial charge >= 0.3 is 0 Å². The average molecular weight is 495 g/mol. The first-order valence-corrected chi connectivity index (χ1v) is 12.4. The van der Waals surface area contributed by atoms with E-state index in [2.05, 4.69) is 12.2 Å². The van der Waals surface area contributed by atoms with E-state index in [0.717, 1.165) is 29.5 Å². The van der Waals surface area contributed by atoms with Crippen molar-refractivity contribution in [1.29, 1.82) is 0 Å². The van der Waals surface area contributed by atoms with Crippen LogP contribution in [-0.2, 0) is 29.0 Å². The zero-order chi connectivity index (χ0) is 25.0. The van der Waals surface area contributed by atoms with Crippen LogP contribution in [0.5, 0.6) is 0 Å². The summed E-state index contributed by atoms with van der Waals surface area (Å²) in [6.07, 6.45) is 2.88. The predicted molar refractivity (Wildman–Crippen MR) is 139 cm³/mol. The van der Waals surface area contributed by atoms with Crippen molar-refractivity contribution < 1.29 is 14.0 Å². The first kappa shape index (κ1) is 26.4. The van der Waals surface area contributed by atoms with Gasteiger partial charge in [-0.3, -0.25) is 9.59 Å². The van der Waals surface area contributed by atoms with Crippen molar-refractivity contribution in [2.45, 2.75) is 51.6 Å². The Morgan fingerprint density at radius 1 is 0.943 bits per heavy atom. The third-order valence-electron chi connectivity index (χ3n) is 5.93. The Bertz CT molecular complexity index is 1090. The second-order valence-electron chi connectivity index (χ2n) is 8.59. The molecule has 0 aliphatic rings. The molecule has 2 amide bonds. The van der Waals surface area contributed by atoms with Crippen molar-refractivity contribution in [3.8, 4) is 0 Å². The van der Waals surface area contributed by atoms with Crippen molar-refractivity contribution in [2.75, 3.05) is 6.54 Å². The highest BCUT2D eigenvalue weighted by Gasteiger charge is 2.30. The molecule has 1 N–H and O–H groups in total. The van der Waals surface area contributed by atoms with Gasteiger partial charge in [-0.1, -0.05) is 85.6 Å². The number of hydrogen-bond acceptors (Lipinski definition) is 2. The van der Waals surface area contributed by atoms with Gasteiger partial charge in [0.1, 0.15) is 11.9 Å². The summed E-state index contributed by atoms with van der Waals surface area (Å²) in [5.74, 6) is -0.681. The van der Waals surface area contributed by atoms with Crippen molar-refractivity contribution in [3.05, 3.63) is 106 Å². The van der Waals surface area contributed by atoms with Gasteiger partial charge in [0.05, 0.1) is 0 Å². The topological polar surface area (TPSA) is 49.4 Å². The number of amides is 2. The Labute approximate surface area is 212 Å². The van der Waals surface area contributed by atoms with E-state index >= 15 is 0 Å². The number of nitrogens with zero attached hydrogens (tertiary/aromatic N) is 1. The number of carbonyl (C=O) groups excluding carboxylic acids is 2. The van der Waals surface area contributed by atoms with E-state index in [-0.39, 0.29) is 30.6 Å². The van der Waals surface area contributed by atoms with Gasteiger partial charge < -0.3 is 10.2 Å². The van der Waals surface area contributed by atoms with Gasteiger partial charge in [-0.15, -0.1) is 0 Å². The molecule has 0 aromatic heterocycles. The molecule has 3 aromatic rings. The molecule has 1 unspecified atom stereocenters. The predicted octanol–water partition coefficient (Wildman–Crippen LogP) is 5.97. The minimum absolute atomic E-state index is 0.152. The van der Waals surface area contributed by atoms with Gasteiger partial charge in [-0.05, 0) is 47.7 Å². The van der Waals surface area contributed by atoms with Crippen LogP contribution in [0.3, 0.4) is 0 Å². The molecule has 1 atom stereocenters. The SMILES string of the molecule is CCCCNC(=O)C(Cc1ccccc1)N(Cc1ccc(F)cc1)C(=O)CCc1ccccc1Cl. The zero-order valence-corrected chi connectivity index (χ0v) is 20.8. The highest BCUT2D eigenvalue weighted by molar-refractivity contribution is 6.31.